The van der Waals surface area contributed by atoms with Gasteiger partial charge in [0, 0.05) is 16.8 Å². The Bertz CT molecular complexity index is 836. The summed E-state index contributed by atoms with van der Waals surface area (Å²) in [5.74, 6) is 2.16. The van der Waals surface area contributed by atoms with E-state index >= 15 is 0 Å². The van der Waals surface area contributed by atoms with E-state index in [2.05, 4.69) is 43.3 Å². The topological polar surface area (TPSA) is 27.7 Å². The Kier molecular flexibility index (Phi) is 4.11. The summed E-state index contributed by atoms with van der Waals surface area (Å²) in [5.41, 5.74) is 3.57. The fraction of sp³-hybridized carbons (Fsp3) is 0.200. The molecule has 0 radical (unpaired) electrons. The summed E-state index contributed by atoms with van der Waals surface area (Å²) in [4.78, 5) is 0. The van der Waals surface area contributed by atoms with Crippen LogP contribution in [-0.4, -0.2) is 21.3 Å². The minimum atomic E-state index is 0.667. The molecule has 0 atom stereocenters. The lowest BCUT2D eigenvalue weighted by atomic mass is 9.99. The molecular weight excluding hydrogens is 288 g/mol. The largest absolute Gasteiger partial charge is 0.496 e. The van der Waals surface area contributed by atoms with Crippen LogP contribution in [0.4, 0.5) is 0 Å². The molecule has 3 rings (SSSR count). The van der Waals surface area contributed by atoms with Crippen molar-refractivity contribution in [3.63, 3.8) is 0 Å². The van der Waals surface area contributed by atoms with E-state index in [0.29, 0.717) is 5.75 Å². The third kappa shape index (κ3) is 2.70. The number of fused-ring (bicyclic) bond motifs is 1. The van der Waals surface area contributed by atoms with Gasteiger partial charge in [-0.25, -0.2) is 0 Å². The maximum atomic E-state index is 5.54. The first kappa shape index (κ1) is 15.2. The Morgan fingerprint density at radius 3 is 1.87 bits per heavy atom. The molecule has 3 aromatic rings. The molecule has 0 unspecified atom stereocenters. The highest BCUT2D eigenvalue weighted by Crippen LogP contribution is 2.42. The molecule has 0 aliphatic carbocycles. The van der Waals surface area contributed by atoms with Crippen molar-refractivity contribution in [2.24, 2.45) is 0 Å². The first-order valence-electron chi connectivity index (χ1n) is 7.47. The average molecular weight is 308 g/mol. The van der Waals surface area contributed by atoms with E-state index in [1.807, 2.05) is 12.1 Å². The summed E-state index contributed by atoms with van der Waals surface area (Å²) < 4.78 is 16.5. The van der Waals surface area contributed by atoms with E-state index in [9.17, 15) is 0 Å². The van der Waals surface area contributed by atoms with Gasteiger partial charge in [-0.3, -0.25) is 0 Å². The van der Waals surface area contributed by atoms with Crippen LogP contribution < -0.4 is 14.2 Å². The lowest BCUT2D eigenvalue weighted by Crippen LogP contribution is -1.95. The van der Waals surface area contributed by atoms with Gasteiger partial charge in [-0.05, 0) is 30.2 Å². The van der Waals surface area contributed by atoms with Crippen molar-refractivity contribution in [2.75, 3.05) is 21.3 Å². The first-order chi connectivity index (χ1) is 11.2. The van der Waals surface area contributed by atoms with E-state index in [0.717, 1.165) is 27.8 Å². The van der Waals surface area contributed by atoms with Crippen molar-refractivity contribution < 1.29 is 14.2 Å². The second-order valence-electron chi connectivity index (χ2n) is 5.44. The molecular formula is C20H20O3. The number of benzene rings is 3. The van der Waals surface area contributed by atoms with Crippen LogP contribution in [0.2, 0.25) is 0 Å². The van der Waals surface area contributed by atoms with Gasteiger partial charge in [-0.2, -0.15) is 0 Å². The maximum Gasteiger partial charge on any atom is 0.168 e. The Morgan fingerprint density at radius 2 is 1.26 bits per heavy atom. The zero-order chi connectivity index (χ0) is 16.4. The first-order valence-corrected chi connectivity index (χ1v) is 7.47. The number of hydrogen-bond donors (Lipinski definition) is 0. The van der Waals surface area contributed by atoms with Gasteiger partial charge in [0.05, 0.1) is 21.3 Å². The van der Waals surface area contributed by atoms with Crippen LogP contribution >= 0.6 is 0 Å². The van der Waals surface area contributed by atoms with E-state index in [-0.39, 0.29) is 0 Å². The molecule has 3 heteroatoms. The van der Waals surface area contributed by atoms with Gasteiger partial charge in [0.15, 0.2) is 11.5 Å². The fourth-order valence-electron chi connectivity index (χ4n) is 2.80. The van der Waals surface area contributed by atoms with Gasteiger partial charge in [-0.1, -0.05) is 35.9 Å². The van der Waals surface area contributed by atoms with E-state index in [1.54, 1.807) is 21.3 Å². The molecule has 3 nitrogen and oxygen atoms in total. The van der Waals surface area contributed by atoms with Gasteiger partial charge in [0.2, 0.25) is 0 Å². The van der Waals surface area contributed by atoms with Gasteiger partial charge in [0.1, 0.15) is 5.75 Å². The third-order valence-corrected chi connectivity index (χ3v) is 4.04. The van der Waals surface area contributed by atoms with Gasteiger partial charge >= 0.3 is 0 Å². The molecule has 0 N–H and O–H groups in total. The quantitative estimate of drug-likeness (QED) is 0.690. The second kappa shape index (κ2) is 6.21. The Morgan fingerprint density at radius 1 is 0.609 bits per heavy atom. The summed E-state index contributed by atoms with van der Waals surface area (Å²) in [7, 11) is 4.95. The molecule has 0 spiro atoms. The zero-order valence-electron chi connectivity index (χ0n) is 13.8. The molecule has 0 aliphatic rings. The minimum Gasteiger partial charge on any atom is -0.496 e. The summed E-state index contributed by atoms with van der Waals surface area (Å²) in [6.07, 6.45) is 0. The van der Waals surface area contributed by atoms with Crippen molar-refractivity contribution in [2.45, 2.75) is 6.92 Å². The van der Waals surface area contributed by atoms with Crippen LogP contribution in [0, 0.1) is 6.92 Å². The Hall–Kier alpha value is -2.68. The molecule has 23 heavy (non-hydrogen) atoms. The number of methoxy groups -OCH3 is 3. The van der Waals surface area contributed by atoms with Crippen molar-refractivity contribution in [1.29, 1.82) is 0 Å². The number of hydrogen-bond acceptors (Lipinski definition) is 3. The molecule has 0 amide bonds. The third-order valence-electron chi connectivity index (χ3n) is 4.04. The Labute approximate surface area is 136 Å². The van der Waals surface area contributed by atoms with Crippen molar-refractivity contribution >= 4 is 10.8 Å². The summed E-state index contributed by atoms with van der Waals surface area (Å²) in [6.45, 7) is 2.09. The summed E-state index contributed by atoms with van der Waals surface area (Å²) in [5, 5.41) is 1.97. The van der Waals surface area contributed by atoms with Gasteiger partial charge in [-0.15, -0.1) is 0 Å². The Balaban J connectivity index is 2.24. The highest BCUT2D eigenvalue weighted by atomic mass is 16.5. The van der Waals surface area contributed by atoms with E-state index in [4.69, 9.17) is 14.2 Å². The van der Waals surface area contributed by atoms with Crippen LogP contribution in [0.15, 0.2) is 48.5 Å². The number of aryl methyl sites for hydroxylation is 1. The van der Waals surface area contributed by atoms with Gasteiger partial charge in [0.25, 0.3) is 0 Å². The molecule has 0 bridgehead atoms. The second-order valence-corrected chi connectivity index (χ2v) is 5.44. The normalized spacial score (nSPS) is 10.6. The monoisotopic (exact) mass is 308 g/mol. The number of rotatable bonds is 4. The highest BCUT2D eigenvalue weighted by Gasteiger charge is 2.14. The van der Waals surface area contributed by atoms with E-state index in [1.165, 1.54) is 11.1 Å². The molecule has 3 aromatic carbocycles. The molecule has 0 aliphatic heterocycles. The predicted molar refractivity (Wildman–Crippen MR) is 93.8 cm³/mol. The molecule has 0 heterocycles. The molecule has 0 fully saturated rings. The maximum absolute atomic E-state index is 5.54. The minimum absolute atomic E-state index is 0.667. The summed E-state index contributed by atoms with van der Waals surface area (Å²) in [6, 6.07) is 16.6. The van der Waals surface area contributed by atoms with Crippen LogP contribution in [-0.2, 0) is 0 Å². The molecule has 118 valence electrons. The van der Waals surface area contributed by atoms with Crippen LogP contribution in [0.5, 0.6) is 17.2 Å². The predicted octanol–water partition coefficient (Wildman–Crippen LogP) is 4.84. The lowest BCUT2D eigenvalue weighted by Gasteiger charge is -2.15. The summed E-state index contributed by atoms with van der Waals surface area (Å²) >= 11 is 0. The van der Waals surface area contributed by atoms with Crippen molar-refractivity contribution in [3.05, 3.63) is 54.1 Å². The van der Waals surface area contributed by atoms with Crippen LogP contribution in [0.1, 0.15) is 5.56 Å². The smallest absolute Gasteiger partial charge is 0.168 e. The standard InChI is InChI=1S/C20H20O3/c1-13-5-7-14(8-6-13)15-9-10-16-17(11-15)18(21-2)12-19(22-3)20(16)23-4/h5-12H,1-4H3. The molecule has 0 saturated heterocycles. The van der Waals surface area contributed by atoms with Crippen molar-refractivity contribution in [1.82, 2.24) is 0 Å². The average Bonchev–Trinajstić information content (AvgIpc) is 2.60. The molecule has 0 aromatic heterocycles. The molecule has 0 saturated carbocycles. The van der Waals surface area contributed by atoms with Gasteiger partial charge < -0.3 is 14.2 Å². The van der Waals surface area contributed by atoms with Crippen LogP contribution in [0.25, 0.3) is 21.9 Å². The van der Waals surface area contributed by atoms with Crippen LogP contribution in [0.3, 0.4) is 0 Å². The lowest BCUT2D eigenvalue weighted by molar-refractivity contribution is 0.353. The highest BCUT2D eigenvalue weighted by molar-refractivity contribution is 5.98. The SMILES string of the molecule is COc1cc(OC)c2cc(-c3ccc(C)cc3)ccc2c1OC. The number of ether oxygens (including phenoxy) is 3. The zero-order valence-corrected chi connectivity index (χ0v) is 13.8. The fourth-order valence-corrected chi connectivity index (χ4v) is 2.80. The van der Waals surface area contributed by atoms with E-state index < -0.39 is 0 Å². The van der Waals surface area contributed by atoms with Crippen molar-refractivity contribution in [3.8, 4) is 28.4 Å².